The maximum atomic E-state index is 10.5. The standard InChI is InChI=1S/C24H48O3.K.H/c1-2-3-4-5-6-7-8-9-10-11-12-13-14-15-16-17-18-19-20-21-22-23(25)24(26)27;;/h23,25H,2-22H2,1H3,(H,26,27);;. The Balaban J connectivity index is 0. The zero-order valence-corrected chi connectivity index (χ0v) is 18.2. The van der Waals surface area contributed by atoms with Crippen LogP contribution in [0.15, 0.2) is 0 Å². The van der Waals surface area contributed by atoms with E-state index in [4.69, 9.17) is 5.11 Å². The molecule has 0 saturated carbocycles. The third kappa shape index (κ3) is 25.1. The Morgan fingerprint density at radius 3 is 1.07 bits per heavy atom. The summed E-state index contributed by atoms with van der Waals surface area (Å²) in [6, 6.07) is 0. The Bertz CT molecular complexity index is 310. The van der Waals surface area contributed by atoms with E-state index in [-0.39, 0.29) is 51.4 Å². The topological polar surface area (TPSA) is 57.5 Å². The summed E-state index contributed by atoms with van der Waals surface area (Å²) in [4.78, 5) is 10.5. The van der Waals surface area contributed by atoms with Crippen LogP contribution in [-0.4, -0.2) is 73.7 Å². The van der Waals surface area contributed by atoms with Crippen molar-refractivity contribution >= 4 is 57.4 Å². The maximum absolute atomic E-state index is 10.5. The molecule has 0 aromatic heterocycles. The van der Waals surface area contributed by atoms with Crippen molar-refractivity contribution in [1.82, 2.24) is 0 Å². The number of aliphatic carboxylic acids is 1. The molecular weight excluding hydrogens is 375 g/mol. The van der Waals surface area contributed by atoms with Gasteiger partial charge in [-0.2, -0.15) is 0 Å². The van der Waals surface area contributed by atoms with E-state index in [9.17, 15) is 9.90 Å². The van der Waals surface area contributed by atoms with E-state index in [1.54, 1.807) is 0 Å². The molecule has 1 atom stereocenters. The predicted molar refractivity (Wildman–Crippen MR) is 123 cm³/mol. The first-order valence-electron chi connectivity index (χ1n) is 12.1. The van der Waals surface area contributed by atoms with Crippen molar-refractivity contribution in [1.29, 1.82) is 0 Å². The van der Waals surface area contributed by atoms with Gasteiger partial charge in [0, 0.05) is 0 Å². The zero-order valence-electron chi connectivity index (χ0n) is 18.2. The Hall–Kier alpha value is 1.07. The van der Waals surface area contributed by atoms with Gasteiger partial charge in [0.15, 0.2) is 6.10 Å². The van der Waals surface area contributed by atoms with Crippen molar-refractivity contribution in [2.75, 3.05) is 0 Å². The third-order valence-electron chi connectivity index (χ3n) is 5.62. The van der Waals surface area contributed by atoms with Crippen LogP contribution < -0.4 is 0 Å². The van der Waals surface area contributed by atoms with Crippen molar-refractivity contribution in [3.05, 3.63) is 0 Å². The number of carboxylic acids is 1. The second-order valence-electron chi connectivity index (χ2n) is 8.36. The van der Waals surface area contributed by atoms with E-state index in [1.807, 2.05) is 0 Å². The molecule has 0 rings (SSSR count). The first-order valence-corrected chi connectivity index (χ1v) is 12.1. The zero-order chi connectivity index (χ0) is 20.0. The van der Waals surface area contributed by atoms with Crippen LogP contribution in [-0.2, 0) is 4.79 Å². The minimum absolute atomic E-state index is 0. The molecule has 0 aliphatic carbocycles. The van der Waals surface area contributed by atoms with Crippen LogP contribution >= 0.6 is 0 Å². The number of carboxylic acid groups (broad SMARTS) is 1. The average molecular weight is 425 g/mol. The molecular formula is C24H49KO3. The Kier molecular flexibility index (Phi) is 29.1. The van der Waals surface area contributed by atoms with Crippen molar-refractivity contribution in [2.45, 2.75) is 148 Å². The number of aliphatic hydroxyl groups is 1. The van der Waals surface area contributed by atoms with E-state index in [0.717, 1.165) is 12.8 Å². The van der Waals surface area contributed by atoms with Crippen LogP contribution in [0.5, 0.6) is 0 Å². The van der Waals surface area contributed by atoms with Gasteiger partial charge in [0.2, 0.25) is 0 Å². The molecule has 0 aromatic carbocycles. The summed E-state index contributed by atoms with van der Waals surface area (Å²) < 4.78 is 0. The first-order chi connectivity index (χ1) is 13.2. The van der Waals surface area contributed by atoms with Gasteiger partial charge in [0.05, 0.1) is 0 Å². The summed E-state index contributed by atoms with van der Waals surface area (Å²) in [6.07, 6.45) is 26.1. The molecule has 0 spiro atoms. The van der Waals surface area contributed by atoms with Gasteiger partial charge in [0.25, 0.3) is 0 Å². The van der Waals surface area contributed by atoms with Crippen LogP contribution in [0.1, 0.15) is 142 Å². The van der Waals surface area contributed by atoms with E-state index < -0.39 is 12.1 Å². The molecule has 28 heavy (non-hydrogen) atoms. The van der Waals surface area contributed by atoms with Crippen molar-refractivity contribution in [3.63, 3.8) is 0 Å². The molecule has 0 aliphatic heterocycles. The first kappa shape index (κ1) is 31.3. The molecule has 2 N–H and O–H groups in total. The number of unbranched alkanes of at least 4 members (excludes halogenated alkanes) is 19. The van der Waals surface area contributed by atoms with Gasteiger partial charge < -0.3 is 10.2 Å². The number of aliphatic hydroxyl groups excluding tert-OH is 1. The SMILES string of the molecule is CCCCCCCCCCCCCCCCCCCCCCC(O)C(=O)O.[KH]. The number of hydrogen-bond acceptors (Lipinski definition) is 2. The quantitative estimate of drug-likeness (QED) is 0.145. The number of hydrogen-bond donors (Lipinski definition) is 2. The fourth-order valence-corrected chi connectivity index (χ4v) is 3.72. The molecule has 0 amide bonds. The van der Waals surface area contributed by atoms with Gasteiger partial charge in [0.1, 0.15) is 0 Å². The summed E-state index contributed by atoms with van der Waals surface area (Å²) in [7, 11) is 0. The van der Waals surface area contributed by atoms with Crippen molar-refractivity contribution in [2.24, 2.45) is 0 Å². The molecule has 0 radical (unpaired) electrons. The van der Waals surface area contributed by atoms with Gasteiger partial charge in [-0.3, -0.25) is 0 Å². The second-order valence-corrected chi connectivity index (χ2v) is 8.36. The summed E-state index contributed by atoms with van der Waals surface area (Å²) in [5.74, 6) is -1.09. The molecule has 164 valence electrons. The van der Waals surface area contributed by atoms with Crippen LogP contribution in [0.3, 0.4) is 0 Å². The summed E-state index contributed by atoms with van der Waals surface area (Å²) in [5, 5.41) is 17.8. The molecule has 0 saturated heterocycles. The van der Waals surface area contributed by atoms with Gasteiger partial charge >= 0.3 is 57.4 Å². The van der Waals surface area contributed by atoms with Crippen LogP contribution in [0.4, 0.5) is 0 Å². The van der Waals surface area contributed by atoms with E-state index in [1.165, 1.54) is 116 Å². The van der Waals surface area contributed by atoms with E-state index >= 15 is 0 Å². The Morgan fingerprint density at radius 2 is 0.821 bits per heavy atom. The third-order valence-corrected chi connectivity index (χ3v) is 5.62. The van der Waals surface area contributed by atoms with E-state index in [2.05, 4.69) is 6.92 Å². The van der Waals surface area contributed by atoms with Crippen LogP contribution in [0, 0.1) is 0 Å². The molecule has 0 bridgehead atoms. The van der Waals surface area contributed by atoms with Gasteiger partial charge in [-0.15, -0.1) is 0 Å². The molecule has 1 unspecified atom stereocenters. The van der Waals surface area contributed by atoms with Crippen LogP contribution in [0.25, 0.3) is 0 Å². The summed E-state index contributed by atoms with van der Waals surface area (Å²) in [5.41, 5.74) is 0. The van der Waals surface area contributed by atoms with Crippen molar-refractivity contribution in [3.8, 4) is 0 Å². The molecule has 0 aliphatic rings. The fourth-order valence-electron chi connectivity index (χ4n) is 3.72. The Labute approximate surface area is 218 Å². The summed E-state index contributed by atoms with van der Waals surface area (Å²) in [6.45, 7) is 2.28. The molecule has 3 nitrogen and oxygen atoms in total. The average Bonchev–Trinajstić information content (AvgIpc) is 2.66. The minimum atomic E-state index is -1.17. The fraction of sp³-hybridized carbons (Fsp3) is 0.958. The number of rotatable bonds is 22. The van der Waals surface area contributed by atoms with Gasteiger partial charge in [-0.25, -0.2) is 4.79 Å². The molecule has 4 heteroatoms. The Morgan fingerprint density at radius 1 is 0.571 bits per heavy atom. The van der Waals surface area contributed by atoms with Gasteiger partial charge in [-0.05, 0) is 6.42 Å². The van der Waals surface area contributed by atoms with Crippen molar-refractivity contribution < 1.29 is 15.0 Å². The monoisotopic (exact) mass is 424 g/mol. The predicted octanol–water partition coefficient (Wildman–Crippen LogP) is 7.00. The van der Waals surface area contributed by atoms with Crippen LogP contribution in [0.2, 0.25) is 0 Å². The van der Waals surface area contributed by atoms with E-state index in [0.29, 0.717) is 6.42 Å². The molecule has 0 heterocycles. The molecule has 0 aromatic rings. The number of carbonyl (C=O) groups is 1. The van der Waals surface area contributed by atoms with Gasteiger partial charge in [-0.1, -0.05) is 135 Å². The normalized spacial score (nSPS) is 11.9. The summed E-state index contributed by atoms with van der Waals surface area (Å²) >= 11 is 0. The second kappa shape index (κ2) is 26.1. The molecule has 0 fully saturated rings.